The third-order valence-electron chi connectivity index (χ3n) is 2.26. The van der Waals surface area contributed by atoms with Crippen LogP contribution in [0.3, 0.4) is 0 Å². The highest BCUT2D eigenvalue weighted by Crippen LogP contribution is 2.28. The maximum atomic E-state index is 5.27. The number of anilines is 1. The first-order valence-electron chi connectivity index (χ1n) is 5.10. The van der Waals surface area contributed by atoms with Crippen molar-refractivity contribution in [2.75, 3.05) is 19.0 Å². The van der Waals surface area contributed by atoms with Crippen LogP contribution in [0.15, 0.2) is 18.2 Å². The van der Waals surface area contributed by atoms with Gasteiger partial charge in [-0.2, -0.15) is 0 Å². The second-order valence-corrected chi connectivity index (χ2v) is 3.64. The van der Waals surface area contributed by atoms with Crippen LogP contribution in [-0.4, -0.2) is 13.7 Å². The van der Waals surface area contributed by atoms with Crippen molar-refractivity contribution in [1.29, 1.82) is 0 Å². The lowest BCUT2D eigenvalue weighted by molar-refractivity contribution is 0.416. The Balaban J connectivity index is 3.01. The van der Waals surface area contributed by atoms with Crippen molar-refractivity contribution in [3.8, 4) is 5.75 Å². The van der Waals surface area contributed by atoms with E-state index in [2.05, 4.69) is 38.2 Å². The molecule has 0 atom stereocenters. The molecule has 0 radical (unpaired) electrons. The molecule has 1 aromatic carbocycles. The van der Waals surface area contributed by atoms with Gasteiger partial charge in [-0.25, -0.2) is 0 Å². The van der Waals surface area contributed by atoms with Gasteiger partial charge in [0.2, 0.25) is 0 Å². The molecule has 2 nitrogen and oxygen atoms in total. The number of benzene rings is 1. The highest BCUT2D eigenvalue weighted by atomic mass is 16.5. The Hall–Kier alpha value is -1.18. The third kappa shape index (κ3) is 2.41. The first-order chi connectivity index (χ1) is 6.69. The van der Waals surface area contributed by atoms with Crippen LogP contribution in [0.4, 0.5) is 5.69 Å². The minimum absolute atomic E-state index is 0.554. The number of ether oxygens (including phenoxy) is 1. The quantitative estimate of drug-likeness (QED) is 0.792. The van der Waals surface area contributed by atoms with E-state index in [1.807, 2.05) is 6.07 Å². The van der Waals surface area contributed by atoms with E-state index in [-0.39, 0.29) is 0 Å². The molecule has 2 heteroatoms. The summed E-state index contributed by atoms with van der Waals surface area (Å²) in [6, 6.07) is 6.30. The van der Waals surface area contributed by atoms with Crippen molar-refractivity contribution >= 4 is 5.69 Å². The highest BCUT2D eigenvalue weighted by Gasteiger charge is 2.05. The van der Waals surface area contributed by atoms with Gasteiger partial charge in [-0.15, -0.1) is 0 Å². The van der Waals surface area contributed by atoms with Crippen molar-refractivity contribution < 1.29 is 4.74 Å². The molecule has 14 heavy (non-hydrogen) atoms. The van der Waals surface area contributed by atoms with Crippen molar-refractivity contribution in [2.24, 2.45) is 0 Å². The van der Waals surface area contributed by atoms with E-state index in [4.69, 9.17) is 4.74 Å². The van der Waals surface area contributed by atoms with Gasteiger partial charge in [-0.05, 0) is 30.5 Å². The average molecular weight is 193 g/mol. The van der Waals surface area contributed by atoms with Gasteiger partial charge in [0.25, 0.3) is 0 Å². The largest absolute Gasteiger partial charge is 0.495 e. The summed E-state index contributed by atoms with van der Waals surface area (Å²) in [6.07, 6.45) is 0. The van der Waals surface area contributed by atoms with Crippen LogP contribution in [0.1, 0.15) is 32.3 Å². The Labute approximate surface area is 86.3 Å². The molecule has 0 aliphatic carbocycles. The van der Waals surface area contributed by atoms with Crippen molar-refractivity contribution in [2.45, 2.75) is 26.7 Å². The first kappa shape index (κ1) is 10.9. The summed E-state index contributed by atoms with van der Waals surface area (Å²) < 4.78 is 5.27. The number of methoxy groups -OCH3 is 1. The summed E-state index contributed by atoms with van der Waals surface area (Å²) in [5.41, 5.74) is 2.42. The van der Waals surface area contributed by atoms with Gasteiger partial charge in [-0.3, -0.25) is 0 Å². The molecular formula is C12H19NO. The lowest BCUT2D eigenvalue weighted by Gasteiger charge is -2.13. The molecular weight excluding hydrogens is 174 g/mol. The average Bonchev–Trinajstić information content (AvgIpc) is 2.18. The molecule has 78 valence electrons. The summed E-state index contributed by atoms with van der Waals surface area (Å²) >= 11 is 0. The van der Waals surface area contributed by atoms with Crippen LogP contribution >= 0.6 is 0 Å². The lowest BCUT2D eigenvalue weighted by atomic mass is 10.0. The predicted molar refractivity (Wildman–Crippen MR) is 61.2 cm³/mol. The maximum absolute atomic E-state index is 5.27. The van der Waals surface area contributed by atoms with Crippen molar-refractivity contribution in [3.05, 3.63) is 23.8 Å². The minimum atomic E-state index is 0.554. The van der Waals surface area contributed by atoms with E-state index < -0.39 is 0 Å². The van der Waals surface area contributed by atoms with Crippen LogP contribution < -0.4 is 10.1 Å². The molecule has 0 spiro atoms. The number of hydrogen-bond acceptors (Lipinski definition) is 2. The van der Waals surface area contributed by atoms with Gasteiger partial charge in [0, 0.05) is 6.54 Å². The second kappa shape index (κ2) is 4.89. The summed E-state index contributed by atoms with van der Waals surface area (Å²) in [7, 11) is 1.70. The molecule has 1 N–H and O–H groups in total. The fourth-order valence-corrected chi connectivity index (χ4v) is 1.41. The number of hydrogen-bond donors (Lipinski definition) is 1. The highest BCUT2D eigenvalue weighted by molar-refractivity contribution is 5.58. The van der Waals surface area contributed by atoms with Gasteiger partial charge in [0.15, 0.2) is 0 Å². The number of nitrogens with one attached hydrogen (secondary N) is 1. The maximum Gasteiger partial charge on any atom is 0.141 e. The Morgan fingerprint density at radius 2 is 2.07 bits per heavy atom. The molecule has 1 aromatic rings. The molecule has 0 saturated carbocycles. The third-order valence-corrected chi connectivity index (χ3v) is 2.26. The monoisotopic (exact) mass is 193 g/mol. The smallest absolute Gasteiger partial charge is 0.141 e. The Kier molecular flexibility index (Phi) is 3.81. The molecule has 0 aliphatic rings. The van der Waals surface area contributed by atoms with Crippen LogP contribution in [0.5, 0.6) is 5.75 Å². The first-order valence-corrected chi connectivity index (χ1v) is 5.10. The van der Waals surface area contributed by atoms with Gasteiger partial charge >= 0.3 is 0 Å². The summed E-state index contributed by atoms with van der Waals surface area (Å²) in [5, 5.41) is 3.30. The summed E-state index contributed by atoms with van der Waals surface area (Å²) in [6.45, 7) is 7.38. The standard InChI is InChI=1S/C12H19NO/c1-5-13-11-8-10(9(2)3)6-7-12(11)14-4/h6-9,13H,5H2,1-4H3. The zero-order valence-corrected chi connectivity index (χ0v) is 9.42. The SMILES string of the molecule is CCNc1cc(C(C)C)ccc1OC. The fraction of sp³-hybridized carbons (Fsp3) is 0.500. The van der Waals surface area contributed by atoms with Crippen molar-refractivity contribution in [1.82, 2.24) is 0 Å². The Bertz CT molecular complexity index is 294. The fourth-order valence-electron chi connectivity index (χ4n) is 1.41. The van der Waals surface area contributed by atoms with E-state index in [9.17, 15) is 0 Å². The van der Waals surface area contributed by atoms with Gasteiger partial charge in [0.05, 0.1) is 12.8 Å². The molecule has 0 aromatic heterocycles. The molecule has 0 saturated heterocycles. The molecule has 0 unspecified atom stereocenters. The van der Waals surface area contributed by atoms with E-state index in [1.54, 1.807) is 7.11 Å². The summed E-state index contributed by atoms with van der Waals surface area (Å²) in [5.74, 6) is 1.47. The van der Waals surface area contributed by atoms with E-state index in [0.29, 0.717) is 5.92 Å². The Morgan fingerprint density at radius 3 is 2.57 bits per heavy atom. The second-order valence-electron chi connectivity index (χ2n) is 3.64. The van der Waals surface area contributed by atoms with E-state index >= 15 is 0 Å². The molecule has 0 amide bonds. The topological polar surface area (TPSA) is 21.3 Å². The Morgan fingerprint density at radius 1 is 1.36 bits per heavy atom. The van der Waals surface area contributed by atoms with E-state index in [0.717, 1.165) is 18.0 Å². The van der Waals surface area contributed by atoms with Gasteiger partial charge < -0.3 is 10.1 Å². The molecule has 0 bridgehead atoms. The molecule has 1 rings (SSSR count). The van der Waals surface area contributed by atoms with E-state index in [1.165, 1.54) is 5.56 Å². The minimum Gasteiger partial charge on any atom is -0.495 e. The summed E-state index contributed by atoms with van der Waals surface area (Å²) in [4.78, 5) is 0. The zero-order valence-electron chi connectivity index (χ0n) is 9.42. The zero-order chi connectivity index (χ0) is 10.6. The normalized spacial score (nSPS) is 10.4. The van der Waals surface area contributed by atoms with Crippen molar-refractivity contribution in [3.63, 3.8) is 0 Å². The number of rotatable bonds is 4. The van der Waals surface area contributed by atoms with Crippen LogP contribution in [0, 0.1) is 0 Å². The molecule has 0 fully saturated rings. The predicted octanol–water partition coefficient (Wildman–Crippen LogP) is 3.25. The lowest BCUT2D eigenvalue weighted by Crippen LogP contribution is -2.00. The molecule has 0 heterocycles. The van der Waals surface area contributed by atoms with Crippen LogP contribution in [0.25, 0.3) is 0 Å². The molecule has 0 aliphatic heterocycles. The van der Waals surface area contributed by atoms with Crippen LogP contribution in [-0.2, 0) is 0 Å². The van der Waals surface area contributed by atoms with Crippen LogP contribution in [0.2, 0.25) is 0 Å². The van der Waals surface area contributed by atoms with Gasteiger partial charge in [-0.1, -0.05) is 19.9 Å². The van der Waals surface area contributed by atoms with Gasteiger partial charge in [0.1, 0.15) is 5.75 Å².